The van der Waals surface area contributed by atoms with Gasteiger partial charge >= 0.3 is 0 Å². The van der Waals surface area contributed by atoms with Gasteiger partial charge in [-0.3, -0.25) is 0 Å². The van der Waals surface area contributed by atoms with Crippen LogP contribution in [0, 0.1) is 0 Å². The van der Waals surface area contributed by atoms with Crippen LogP contribution in [0.15, 0.2) is 6.20 Å². The molecule has 1 rings (SSSR count). The predicted molar refractivity (Wildman–Crippen MR) is 39.8 cm³/mol. The van der Waals surface area contributed by atoms with E-state index in [1.807, 2.05) is 0 Å². The number of rotatable bonds is 2. The van der Waals surface area contributed by atoms with Crippen molar-refractivity contribution in [2.24, 2.45) is 0 Å². The Labute approximate surface area is 69.0 Å². The minimum absolute atomic E-state index is 0.162. The van der Waals surface area contributed by atoms with Crippen molar-refractivity contribution < 1.29 is 8.42 Å². The van der Waals surface area contributed by atoms with E-state index < -0.39 is 10.0 Å². The molecule has 62 valence electrons. The highest BCUT2D eigenvalue weighted by Gasteiger charge is 2.07. The molecule has 0 unspecified atom stereocenters. The number of aromatic nitrogens is 3. The maximum Gasteiger partial charge on any atom is 0.252 e. The molecule has 0 fully saturated rings. The van der Waals surface area contributed by atoms with Gasteiger partial charge in [0.2, 0.25) is 0 Å². The summed E-state index contributed by atoms with van der Waals surface area (Å²) in [4.78, 5) is 0. The first kappa shape index (κ1) is 8.48. The second-order valence-corrected chi connectivity index (χ2v) is 4.09. The van der Waals surface area contributed by atoms with Gasteiger partial charge in [-0.1, -0.05) is 5.21 Å². The quantitative estimate of drug-likeness (QED) is 0.615. The molecular weight excluding hydrogens is 190 g/mol. The Morgan fingerprint density at radius 3 is 2.64 bits per heavy atom. The molecule has 7 heteroatoms. The minimum atomic E-state index is -3.31. The van der Waals surface area contributed by atoms with Crippen LogP contribution in [-0.2, 0) is 15.9 Å². The van der Waals surface area contributed by atoms with Crippen molar-refractivity contribution in [1.82, 2.24) is 14.4 Å². The average molecular weight is 196 g/mol. The second-order valence-electron chi connectivity index (χ2n) is 1.98. The summed E-state index contributed by atoms with van der Waals surface area (Å²) >= 11 is 5.38. The third-order valence-corrected chi connectivity index (χ3v) is 2.13. The van der Waals surface area contributed by atoms with Crippen molar-refractivity contribution >= 4 is 21.6 Å². The molecule has 0 aliphatic rings. The molecule has 1 aromatic heterocycles. The molecule has 0 amide bonds. The van der Waals surface area contributed by atoms with Crippen molar-refractivity contribution in [2.45, 2.75) is 5.88 Å². The Kier molecular flexibility index (Phi) is 2.15. The molecule has 0 aliphatic carbocycles. The normalized spacial score (nSPS) is 11.8. The first-order valence-corrected chi connectivity index (χ1v) is 5.10. The van der Waals surface area contributed by atoms with Gasteiger partial charge < -0.3 is 0 Å². The Bertz CT molecular complexity index is 344. The SMILES string of the molecule is CS(=O)(=O)n1cc(CCl)nn1. The Morgan fingerprint density at radius 1 is 1.73 bits per heavy atom. The lowest BCUT2D eigenvalue weighted by Gasteiger charge is -1.91. The first-order chi connectivity index (χ1) is 5.04. The first-order valence-electron chi connectivity index (χ1n) is 2.72. The lowest BCUT2D eigenvalue weighted by molar-refractivity contribution is 0.583. The summed E-state index contributed by atoms with van der Waals surface area (Å²) in [5.41, 5.74) is 0.442. The van der Waals surface area contributed by atoms with Crippen LogP contribution in [0.25, 0.3) is 0 Å². The van der Waals surface area contributed by atoms with E-state index in [4.69, 9.17) is 11.6 Å². The van der Waals surface area contributed by atoms with Crippen molar-refractivity contribution in [3.05, 3.63) is 11.9 Å². The largest absolute Gasteiger partial charge is 0.252 e. The van der Waals surface area contributed by atoms with Crippen LogP contribution < -0.4 is 0 Å². The molecule has 5 nitrogen and oxygen atoms in total. The van der Waals surface area contributed by atoms with Crippen LogP contribution in [0.1, 0.15) is 5.69 Å². The summed E-state index contributed by atoms with van der Waals surface area (Å²) in [6.45, 7) is 0. The molecule has 0 bridgehead atoms. The third kappa shape index (κ3) is 1.90. The summed E-state index contributed by atoms with van der Waals surface area (Å²) in [5, 5.41) is 6.86. The maximum absolute atomic E-state index is 10.8. The van der Waals surface area contributed by atoms with Gasteiger partial charge in [0.25, 0.3) is 10.0 Å². The van der Waals surface area contributed by atoms with Crippen molar-refractivity contribution in [3.63, 3.8) is 0 Å². The molecule has 0 radical (unpaired) electrons. The van der Waals surface area contributed by atoms with Gasteiger partial charge in [-0.05, 0) is 0 Å². The van der Waals surface area contributed by atoms with E-state index in [-0.39, 0.29) is 5.88 Å². The Morgan fingerprint density at radius 2 is 2.36 bits per heavy atom. The molecule has 1 aromatic rings. The lowest BCUT2D eigenvalue weighted by atomic mass is 10.6. The zero-order chi connectivity index (χ0) is 8.48. The fourth-order valence-corrected chi connectivity index (χ4v) is 1.11. The monoisotopic (exact) mass is 195 g/mol. The topological polar surface area (TPSA) is 64.8 Å². The van der Waals surface area contributed by atoms with E-state index in [0.29, 0.717) is 5.69 Å². The maximum atomic E-state index is 10.8. The molecule has 1 heterocycles. The molecule has 0 aromatic carbocycles. The van der Waals surface area contributed by atoms with Crippen LogP contribution in [0.2, 0.25) is 0 Å². The van der Waals surface area contributed by atoms with Gasteiger partial charge in [0, 0.05) is 0 Å². The Balaban J connectivity index is 3.09. The highest BCUT2D eigenvalue weighted by molar-refractivity contribution is 7.89. The number of nitrogens with zero attached hydrogens (tertiary/aromatic N) is 3. The highest BCUT2D eigenvalue weighted by atomic mass is 35.5. The Hall–Kier alpha value is -0.620. The van der Waals surface area contributed by atoms with E-state index >= 15 is 0 Å². The smallest absolute Gasteiger partial charge is 0.205 e. The molecule has 0 N–H and O–H groups in total. The van der Waals surface area contributed by atoms with Crippen molar-refractivity contribution in [1.29, 1.82) is 0 Å². The summed E-state index contributed by atoms with van der Waals surface area (Å²) in [6.07, 6.45) is 2.32. The lowest BCUT2D eigenvalue weighted by Crippen LogP contribution is -2.10. The van der Waals surface area contributed by atoms with Crippen LogP contribution >= 0.6 is 11.6 Å². The van der Waals surface area contributed by atoms with Gasteiger partial charge in [0.05, 0.1) is 24.0 Å². The number of alkyl halides is 1. The summed E-state index contributed by atoms with van der Waals surface area (Å²) < 4.78 is 22.3. The molecule has 0 atom stereocenters. The van der Waals surface area contributed by atoms with Gasteiger partial charge in [0.15, 0.2) is 0 Å². The third-order valence-electron chi connectivity index (χ3n) is 0.997. The highest BCUT2D eigenvalue weighted by Crippen LogP contribution is 1.98. The van der Waals surface area contributed by atoms with E-state index in [1.54, 1.807) is 0 Å². The van der Waals surface area contributed by atoms with Gasteiger partial charge in [0.1, 0.15) is 0 Å². The molecule has 0 spiro atoms. The van der Waals surface area contributed by atoms with E-state index in [2.05, 4.69) is 10.3 Å². The van der Waals surface area contributed by atoms with Crippen molar-refractivity contribution in [3.8, 4) is 0 Å². The number of halogens is 1. The van der Waals surface area contributed by atoms with Crippen molar-refractivity contribution in [2.75, 3.05) is 6.26 Å². The van der Waals surface area contributed by atoms with E-state index in [0.717, 1.165) is 10.3 Å². The fraction of sp³-hybridized carbons (Fsp3) is 0.500. The summed E-state index contributed by atoms with van der Waals surface area (Å²) in [6, 6.07) is 0. The zero-order valence-electron chi connectivity index (χ0n) is 5.73. The van der Waals surface area contributed by atoms with Crippen LogP contribution in [-0.4, -0.2) is 29.1 Å². The molecule has 0 saturated carbocycles. The van der Waals surface area contributed by atoms with Gasteiger partial charge in [-0.15, -0.1) is 20.8 Å². The number of hydrogen-bond acceptors (Lipinski definition) is 4. The fourth-order valence-electron chi connectivity index (χ4n) is 0.504. The number of hydrogen-bond donors (Lipinski definition) is 0. The van der Waals surface area contributed by atoms with Gasteiger partial charge in [-0.2, -0.15) is 0 Å². The average Bonchev–Trinajstić information content (AvgIpc) is 2.32. The predicted octanol–water partition coefficient (Wildman–Crippen LogP) is -0.175. The second kappa shape index (κ2) is 2.78. The standard InChI is InChI=1S/C4H6ClN3O2S/c1-11(9,10)8-3-4(2-5)6-7-8/h3H,2H2,1H3. The molecule has 0 aliphatic heterocycles. The van der Waals surface area contributed by atoms with Crippen LogP contribution in [0.5, 0.6) is 0 Å². The van der Waals surface area contributed by atoms with E-state index in [1.165, 1.54) is 6.20 Å². The summed E-state index contributed by atoms with van der Waals surface area (Å²) in [5.74, 6) is 0.162. The molecular formula is C4H6ClN3O2S. The summed E-state index contributed by atoms with van der Waals surface area (Å²) in [7, 11) is -3.31. The van der Waals surface area contributed by atoms with E-state index in [9.17, 15) is 8.42 Å². The van der Waals surface area contributed by atoms with Gasteiger partial charge in [-0.25, -0.2) is 8.42 Å². The van der Waals surface area contributed by atoms with Crippen LogP contribution in [0.3, 0.4) is 0 Å². The van der Waals surface area contributed by atoms with Crippen LogP contribution in [0.4, 0.5) is 0 Å². The minimum Gasteiger partial charge on any atom is -0.205 e. The molecule has 0 saturated heterocycles. The molecule has 11 heavy (non-hydrogen) atoms. The zero-order valence-corrected chi connectivity index (χ0v) is 7.30.